The molecule has 3 nitrogen and oxygen atoms in total. The van der Waals surface area contributed by atoms with E-state index in [2.05, 4.69) is 15.9 Å². The van der Waals surface area contributed by atoms with Gasteiger partial charge in [-0.3, -0.25) is 0 Å². The molecule has 2 aromatic carbocycles. The Morgan fingerprint density at radius 1 is 1.27 bits per heavy atom. The van der Waals surface area contributed by atoms with Gasteiger partial charge in [0, 0.05) is 16.1 Å². The second-order valence-electron chi connectivity index (χ2n) is 4.42. The lowest BCUT2D eigenvalue weighted by atomic mass is 10.2. The molecule has 0 unspecified atom stereocenters. The maximum atomic E-state index is 13.5. The first-order valence-corrected chi connectivity index (χ1v) is 7.17. The Hall–Kier alpha value is -2.45. The first-order chi connectivity index (χ1) is 10.6. The molecule has 0 saturated carbocycles. The van der Waals surface area contributed by atoms with Crippen LogP contribution in [0.25, 0.3) is 6.08 Å². The third kappa shape index (κ3) is 4.54. The smallest absolute Gasteiger partial charge is 0.331 e. The van der Waals surface area contributed by atoms with Crippen LogP contribution in [0.15, 0.2) is 53.0 Å². The molecule has 2 rings (SSSR count). The molecular formula is C17H11BrFNO2. The zero-order valence-corrected chi connectivity index (χ0v) is 13.0. The molecule has 110 valence electrons. The highest BCUT2D eigenvalue weighted by Crippen LogP contribution is 2.16. The molecule has 0 aliphatic heterocycles. The van der Waals surface area contributed by atoms with Gasteiger partial charge in [-0.1, -0.05) is 28.1 Å². The summed E-state index contributed by atoms with van der Waals surface area (Å²) in [6, 6.07) is 13.2. The molecule has 0 aliphatic rings. The summed E-state index contributed by atoms with van der Waals surface area (Å²) < 4.78 is 19.3. The van der Waals surface area contributed by atoms with Gasteiger partial charge in [-0.25, -0.2) is 9.18 Å². The van der Waals surface area contributed by atoms with Crippen molar-refractivity contribution in [1.29, 1.82) is 5.26 Å². The average Bonchev–Trinajstić information content (AvgIpc) is 2.54. The molecule has 0 heterocycles. The van der Waals surface area contributed by atoms with Crippen molar-refractivity contribution in [1.82, 2.24) is 0 Å². The summed E-state index contributed by atoms with van der Waals surface area (Å²) in [6.45, 7) is 0.0931. The van der Waals surface area contributed by atoms with Crippen LogP contribution in [-0.2, 0) is 16.1 Å². The molecule has 0 saturated heterocycles. The molecule has 0 spiro atoms. The molecule has 5 heteroatoms. The van der Waals surface area contributed by atoms with Crippen molar-refractivity contribution in [2.75, 3.05) is 0 Å². The van der Waals surface area contributed by atoms with Gasteiger partial charge < -0.3 is 4.74 Å². The molecule has 0 amide bonds. The van der Waals surface area contributed by atoms with Gasteiger partial charge >= 0.3 is 5.97 Å². The van der Waals surface area contributed by atoms with Crippen LogP contribution >= 0.6 is 15.9 Å². The molecule has 0 atom stereocenters. The van der Waals surface area contributed by atoms with E-state index in [1.54, 1.807) is 36.4 Å². The maximum absolute atomic E-state index is 13.5. The monoisotopic (exact) mass is 359 g/mol. The highest BCUT2D eigenvalue weighted by Gasteiger charge is 2.02. The first-order valence-electron chi connectivity index (χ1n) is 6.37. The summed E-state index contributed by atoms with van der Waals surface area (Å²) in [5.41, 5.74) is 1.61. The van der Waals surface area contributed by atoms with Gasteiger partial charge in [0.15, 0.2) is 0 Å². The SMILES string of the molecule is N#Cc1ccc(COC(=O)/C=C/c2cc(Br)ccc2F)cc1. The zero-order valence-electron chi connectivity index (χ0n) is 11.4. The van der Waals surface area contributed by atoms with Gasteiger partial charge in [0.1, 0.15) is 12.4 Å². The molecule has 22 heavy (non-hydrogen) atoms. The molecule has 0 fully saturated rings. The van der Waals surface area contributed by atoms with Gasteiger partial charge in [-0.2, -0.15) is 5.26 Å². The van der Waals surface area contributed by atoms with Crippen molar-refractivity contribution in [2.24, 2.45) is 0 Å². The second kappa shape index (κ2) is 7.53. The number of benzene rings is 2. The van der Waals surface area contributed by atoms with Gasteiger partial charge in [-0.05, 0) is 42.0 Å². The zero-order chi connectivity index (χ0) is 15.9. The normalized spacial score (nSPS) is 10.4. The van der Waals surface area contributed by atoms with Crippen molar-refractivity contribution in [3.63, 3.8) is 0 Å². The highest BCUT2D eigenvalue weighted by atomic mass is 79.9. The van der Waals surface area contributed by atoms with E-state index in [1.807, 2.05) is 6.07 Å². The summed E-state index contributed by atoms with van der Waals surface area (Å²) >= 11 is 3.24. The molecule has 2 aromatic rings. The predicted molar refractivity (Wildman–Crippen MR) is 84.1 cm³/mol. The quantitative estimate of drug-likeness (QED) is 0.606. The van der Waals surface area contributed by atoms with E-state index in [9.17, 15) is 9.18 Å². The summed E-state index contributed by atoms with van der Waals surface area (Å²) in [6.07, 6.45) is 2.54. The number of ether oxygens (including phenoxy) is 1. The molecular weight excluding hydrogens is 349 g/mol. The summed E-state index contributed by atoms with van der Waals surface area (Å²) in [4.78, 5) is 11.6. The van der Waals surface area contributed by atoms with Crippen LogP contribution in [0.2, 0.25) is 0 Å². The van der Waals surface area contributed by atoms with Gasteiger partial charge in [0.2, 0.25) is 0 Å². The Kier molecular flexibility index (Phi) is 5.45. The minimum Gasteiger partial charge on any atom is -0.458 e. The number of hydrogen-bond donors (Lipinski definition) is 0. The fourth-order valence-corrected chi connectivity index (χ4v) is 2.06. The average molecular weight is 360 g/mol. The van der Waals surface area contributed by atoms with E-state index in [-0.39, 0.29) is 6.61 Å². The minimum absolute atomic E-state index is 0.0931. The Bertz CT molecular complexity index is 748. The fraction of sp³-hybridized carbons (Fsp3) is 0.0588. The Morgan fingerprint density at radius 3 is 2.68 bits per heavy atom. The van der Waals surface area contributed by atoms with Crippen LogP contribution < -0.4 is 0 Å². The lowest BCUT2D eigenvalue weighted by molar-refractivity contribution is -0.138. The minimum atomic E-state index is -0.566. The first kappa shape index (κ1) is 15.9. The topological polar surface area (TPSA) is 50.1 Å². The maximum Gasteiger partial charge on any atom is 0.331 e. The highest BCUT2D eigenvalue weighted by molar-refractivity contribution is 9.10. The standard InChI is InChI=1S/C17H11BrFNO2/c18-15-6-7-16(19)14(9-15)5-8-17(21)22-11-13-3-1-12(10-20)2-4-13/h1-9H,11H2/b8-5+. The van der Waals surface area contributed by atoms with Crippen molar-refractivity contribution in [2.45, 2.75) is 6.61 Å². The van der Waals surface area contributed by atoms with Crippen molar-refractivity contribution in [3.05, 3.63) is 75.5 Å². The van der Waals surface area contributed by atoms with Gasteiger partial charge in [0.25, 0.3) is 0 Å². The number of esters is 1. The van der Waals surface area contributed by atoms with Crippen LogP contribution in [0.1, 0.15) is 16.7 Å². The van der Waals surface area contributed by atoms with E-state index in [0.717, 1.165) is 10.0 Å². The Balaban J connectivity index is 1.93. The number of hydrogen-bond acceptors (Lipinski definition) is 3. The van der Waals surface area contributed by atoms with E-state index in [1.165, 1.54) is 18.2 Å². The van der Waals surface area contributed by atoms with Crippen molar-refractivity contribution < 1.29 is 13.9 Å². The summed E-state index contributed by atoms with van der Waals surface area (Å²) in [5.74, 6) is -0.983. The predicted octanol–water partition coefficient (Wildman–Crippen LogP) is 4.22. The van der Waals surface area contributed by atoms with Gasteiger partial charge in [-0.15, -0.1) is 0 Å². The van der Waals surface area contributed by atoms with Crippen LogP contribution in [-0.4, -0.2) is 5.97 Å². The molecule has 0 aromatic heterocycles. The number of nitriles is 1. The molecule has 0 aliphatic carbocycles. The number of halogens is 2. The Labute approximate surface area is 135 Å². The van der Waals surface area contributed by atoms with E-state index < -0.39 is 11.8 Å². The number of rotatable bonds is 4. The number of carbonyl (C=O) groups is 1. The van der Waals surface area contributed by atoms with Crippen molar-refractivity contribution in [3.8, 4) is 6.07 Å². The van der Waals surface area contributed by atoms with Crippen LogP contribution in [0.3, 0.4) is 0 Å². The molecule has 0 radical (unpaired) electrons. The summed E-state index contributed by atoms with van der Waals surface area (Å²) in [7, 11) is 0. The number of carbonyl (C=O) groups excluding carboxylic acids is 1. The van der Waals surface area contributed by atoms with Crippen molar-refractivity contribution >= 4 is 28.0 Å². The van der Waals surface area contributed by atoms with Gasteiger partial charge in [0.05, 0.1) is 11.6 Å². The van der Waals surface area contributed by atoms with Crippen LogP contribution in [0.5, 0.6) is 0 Å². The third-order valence-corrected chi connectivity index (χ3v) is 3.31. The van der Waals surface area contributed by atoms with E-state index in [0.29, 0.717) is 11.1 Å². The van der Waals surface area contributed by atoms with Crippen LogP contribution in [0.4, 0.5) is 4.39 Å². The second-order valence-corrected chi connectivity index (χ2v) is 5.33. The van der Waals surface area contributed by atoms with Crippen LogP contribution in [0, 0.1) is 17.1 Å². The summed E-state index contributed by atoms with van der Waals surface area (Å²) in [5, 5.41) is 8.69. The van der Waals surface area contributed by atoms with E-state index >= 15 is 0 Å². The molecule has 0 N–H and O–H groups in total. The number of nitrogens with zero attached hydrogens (tertiary/aromatic N) is 1. The fourth-order valence-electron chi connectivity index (χ4n) is 1.68. The van der Waals surface area contributed by atoms with E-state index in [4.69, 9.17) is 10.00 Å². The Morgan fingerprint density at radius 2 is 2.00 bits per heavy atom. The largest absolute Gasteiger partial charge is 0.458 e. The third-order valence-electron chi connectivity index (χ3n) is 2.82. The molecule has 0 bridgehead atoms. The lowest BCUT2D eigenvalue weighted by Gasteiger charge is -2.02. The lowest BCUT2D eigenvalue weighted by Crippen LogP contribution is -2.00.